The highest BCUT2D eigenvalue weighted by atomic mass is 32.2. The average molecular weight is 392 g/mol. The third-order valence-corrected chi connectivity index (χ3v) is 6.34. The maximum atomic E-state index is 13.1. The van der Waals surface area contributed by atoms with E-state index >= 15 is 0 Å². The molecule has 1 aromatic carbocycles. The molecule has 1 aliphatic carbocycles. The number of para-hydroxylation sites is 1. The van der Waals surface area contributed by atoms with Gasteiger partial charge in [0.2, 0.25) is 5.91 Å². The summed E-state index contributed by atoms with van der Waals surface area (Å²) >= 11 is 1.51. The third kappa shape index (κ3) is 3.09. The van der Waals surface area contributed by atoms with E-state index in [2.05, 4.69) is 25.8 Å². The van der Waals surface area contributed by atoms with Gasteiger partial charge in [-0.05, 0) is 49.9 Å². The maximum absolute atomic E-state index is 13.1. The fourth-order valence-electron chi connectivity index (χ4n) is 3.71. The monoisotopic (exact) mass is 391 g/mol. The molecule has 28 heavy (non-hydrogen) atoms. The van der Waals surface area contributed by atoms with Crippen molar-refractivity contribution in [2.45, 2.75) is 42.6 Å². The van der Waals surface area contributed by atoms with E-state index in [4.69, 9.17) is 0 Å². The fraction of sp³-hybridized carbons (Fsp3) is 0.333. The summed E-state index contributed by atoms with van der Waals surface area (Å²) in [5, 5.41) is 9.46. The van der Waals surface area contributed by atoms with Crippen LogP contribution in [-0.2, 0) is 11.2 Å². The number of anilines is 1. The number of benzene rings is 1. The number of amides is 1. The first-order valence-corrected chi connectivity index (χ1v) is 10.5. The summed E-state index contributed by atoms with van der Waals surface area (Å²) in [6, 6.07) is 12.5. The van der Waals surface area contributed by atoms with Crippen LogP contribution in [0.25, 0.3) is 11.4 Å². The van der Waals surface area contributed by atoms with Crippen LogP contribution in [-0.4, -0.2) is 37.5 Å². The Balaban J connectivity index is 1.39. The molecule has 2 aromatic heterocycles. The van der Waals surface area contributed by atoms with Gasteiger partial charge >= 0.3 is 0 Å². The normalized spacial score (nSPS) is 16.8. The maximum Gasteiger partial charge on any atom is 0.240 e. The summed E-state index contributed by atoms with van der Waals surface area (Å²) in [7, 11) is 0. The first-order valence-electron chi connectivity index (χ1n) is 9.63. The Morgan fingerprint density at radius 2 is 1.93 bits per heavy atom. The van der Waals surface area contributed by atoms with E-state index in [0.29, 0.717) is 6.04 Å². The second-order valence-corrected chi connectivity index (χ2v) is 8.58. The second-order valence-electron chi connectivity index (χ2n) is 7.27. The van der Waals surface area contributed by atoms with Gasteiger partial charge < -0.3 is 4.90 Å². The molecule has 1 saturated carbocycles. The number of nitrogens with zero attached hydrogens (tertiary/aromatic N) is 5. The van der Waals surface area contributed by atoms with Crippen molar-refractivity contribution in [3.63, 3.8) is 0 Å². The number of rotatable bonds is 5. The highest BCUT2D eigenvalue weighted by Crippen LogP contribution is 2.42. The van der Waals surface area contributed by atoms with Crippen LogP contribution in [0.4, 0.5) is 5.69 Å². The molecule has 142 valence electrons. The number of fused-ring (bicyclic) bond motifs is 1. The molecule has 1 fully saturated rings. The molecule has 3 aromatic rings. The molecule has 0 radical (unpaired) electrons. The quantitative estimate of drug-likeness (QED) is 0.620. The topological polar surface area (TPSA) is 63.9 Å². The molecule has 2 aliphatic rings. The van der Waals surface area contributed by atoms with Gasteiger partial charge in [-0.1, -0.05) is 30.0 Å². The van der Waals surface area contributed by atoms with Crippen LogP contribution in [0.15, 0.2) is 53.9 Å². The molecule has 1 aliphatic heterocycles. The van der Waals surface area contributed by atoms with Gasteiger partial charge in [0.05, 0.1) is 5.25 Å². The Labute approximate surface area is 168 Å². The van der Waals surface area contributed by atoms with Gasteiger partial charge in [-0.3, -0.25) is 14.3 Å². The predicted octanol–water partition coefficient (Wildman–Crippen LogP) is 3.74. The molecule has 3 heterocycles. The lowest BCUT2D eigenvalue weighted by Gasteiger charge is -2.21. The van der Waals surface area contributed by atoms with Crippen molar-refractivity contribution in [3.8, 4) is 11.4 Å². The lowest BCUT2D eigenvalue weighted by atomic mass is 10.2. The summed E-state index contributed by atoms with van der Waals surface area (Å²) in [4.78, 5) is 19.1. The Morgan fingerprint density at radius 1 is 1.14 bits per heavy atom. The van der Waals surface area contributed by atoms with Crippen LogP contribution in [0, 0.1) is 0 Å². The van der Waals surface area contributed by atoms with E-state index in [9.17, 15) is 4.79 Å². The smallest absolute Gasteiger partial charge is 0.240 e. The molecular weight excluding hydrogens is 370 g/mol. The number of hydrogen-bond donors (Lipinski definition) is 0. The highest BCUT2D eigenvalue weighted by Gasteiger charge is 2.33. The van der Waals surface area contributed by atoms with E-state index < -0.39 is 0 Å². The molecule has 0 bridgehead atoms. The van der Waals surface area contributed by atoms with Gasteiger partial charge in [-0.25, -0.2) is 0 Å². The third-order valence-electron chi connectivity index (χ3n) is 5.30. The number of hydrogen-bond acceptors (Lipinski definition) is 5. The van der Waals surface area contributed by atoms with E-state index in [-0.39, 0.29) is 11.2 Å². The molecule has 1 amide bonds. The Morgan fingerprint density at radius 3 is 2.71 bits per heavy atom. The molecule has 6 nitrogen and oxygen atoms in total. The first-order chi connectivity index (χ1) is 13.7. The summed E-state index contributed by atoms with van der Waals surface area (Å²) < 4.78 is 2.20. The van der Waals surface area contributed by atoms with Gasteiger partial charge in [0.1, 0.15) is 0 Å². The summed E-state index contributed by atoms with van der Waals surface area (Å²) in [5.74, 6) is 0.990. The van der Waals surface area contributed by atoms with Gasteiger partial charge in [-0.2, -0.15) is 0 Å². The van der Waals surface area contributed by atoms with E-state index in [1.54, 1.807) is 12.4 Å². The number of carbonyl (C=O) groups is 1. The van der Waals surface area contributed by atoms with Crippen LogP contribution in [0.5, 0.6) is 0 Å². The van der Waals surface area contributed by atoms with Crippen LogP contribution in [0.1, 0.15) is 31.4 Å². The van der Waals surface area contributed by atoms with Crippen molar-refractivity contribution in [1.29, 1.82) is 0 Å². The SMILES string of the molecule is C[C@@H](Sc1nnc(-c2ccncc2)n1C1CC1)C(=O)N1CCc2ccccc21. The minimum atomic E-state index is -0.224. The molecule has 0 unspecified atom stereocenters. The van der Waals surface area contributed by atoms with Crippen molar-refractivity contribution in [2.75, 3.05) is 11.4 Å². The van der Waals surface area contributed by atoms with Crippen LogP contribution < -0.4 is 4.90 Å². The molecule has 0 saturated heterocycles. The van der Waals surface area contributed by atoms with Crippen molar-refractivity contribution in [1.82, 2.24) is 19.7 Å². The van der Waals surface area contributed by atoms with Gasteiger partial charge in [0.25, 0.3) is 0 Å². The highest BCUT2D eigenvalue weighted by molar-refractivity contribution is 8.00. The number of thioether (sulfide) groups is 1. The lowest BCUT2D eigenvalue weighted by Crippen LogP contribution is -2.35. The van der Waals surface area contributed by atoms with Crippen molar-refractivity contribution in [3.05, 3.63) is 54.4 Å². The van der Waals surface area contributed by atoms with Gasteiger partial charge in [-0.15, -0.1) is 10.2 Å². The summed E-state index contributed by atoms with van der Waals surface area (Å²) in [6.45, 7) is 2.71. The molecule has 7 heteroatoms. The zero-order valence-electron chi connectivity index (χ0n) is 15.7. The lowest BCUT2D eigenvalue weighted by molar-refractivity contribution is -0.117. The van der Waals surface area contributed by atoms with E-state index in [1.807, 2.05) is 42.2 Å². The summed E-state index contributed by atoms with van der Waals surface area (Å²) in [5.41, 5.74) is 3.30. The van der Waals surface area contributed by atoms with E-state index in [0.717, 1.165) is 48.0 Å². The first kappa shape index (κ1) is 17.4. The minimum Gasteiger partial charge on any atom is -0.311 e. The minimum absolute atomic E-state index is 0.130. The standard InChI is InChI=1S/C21H21N5OS/c1-14(20(27)25-13-10-15-4-2-3-5-18(15)25)28-21-24-23-19(26(21)17-6-7-17)16-8-11-22-12-9-16/h2-5,8-9,11-12,14,17H,6-7,10,13H2,1H3/t14-/m1/s1. The molecule has 0 spiro atoms. The molecule has 1 atom stereocenters. The number of aromatic nitrogens is 4. The van der Waals surface area contributed by atoms with Gasteiger partial charge in [0, 0.05) is 36.2 Å². The van der Waals surface area contributed by atoms with Gasteiger partial charge in [0.15, 0.2) is 11.0 Å². The fourth-order valence-corrected chi connectivity index (χ4v) is 4.69. The zero-order valence-corrected chi connectivity index (χ0v) is 16.5. The molecule has 5 rings (SSSR count). The van der Waals surface area contributed by atoms with Crippen molar-refractivity contribution >= 4 is 23.4 Å². The van der Waals surface area contributed by atoms with Crippen LogP contribution in [0.3, 0.4) is 0 Å². The Bertz CT molecular complexity index is 1010. The Kier molecular flexibility index (Phi) is 4.39. The number of carbonyl (C=O) groups excluding carboxylic acids is 1. The molecule has 0 N–H and O–H groups in total. The molecular formula is C21H21N5OS. The zero-order chi connectivity index (χ0) is 19.1. The van der Waals surface area contributed by atoms with Crippen LogP contribution >= 0.6 is 11.8 Å². The largest absolute Gasteiger partial charge is 0.311 e. The number of pyridine rings is 1. The van der Waals surface area contributed by atoms with Crippen LogP contribution in [0.2, 0.25) is 0 Å². The predicted molar refractivity (Wildman–Crippen MR) is 109 cm³/mol. The second kappa shape index (κ2) is 7.05. The van der Waals surface area contributed by atoms with E-state index in [1.165, 1.54) is 17.3 Å². The Hall–Kier alpha value is -2.67. The van der Waals surface area contributed by atoms with Crippen molar-refractivity contribution in [2.24, 2.45) is 0 Å². The summed E-state index contributed by atoms with van der Waals surface area (Å²) in [6.07, 6.45) is 6.72. The van der Waals surface area contributed by atoms with Crippen molar-refractivity contribution < 1.29 is 4.79 Å². The average Bonchev–Trinajstić information content (AvgIpc) is 3.34.